The lowest BCUT2D eigenvalue weighted by molar-refractivity contribution is 0.0661. The molecule has 0 atom stereocenters. The van der Waals surface area contributed by atoms with Gasteiger partial charge in [0.2, 0.25) is 0 Å². The highest BCUT2D eigenvalue weighted by Crippen LogP contribution is 2.21. The van der Waals surface area contributed by atoms with Crippen molar-refractivity contribution >= 4 is 5.91 Å². The molecule has 0 spiro atoms. The lowest BCUT2D eigenvalue weighted by Crippen LogP contribution is -2.39. The molecule has 0 bridgehead atoms. The number of aryl methyl sites for hydroxylation is 1. The minimum Gasteiger partial charge on any atom is -0.493 e. The summed E-state index contributed by atoms with van der Waals surface area (Å²) in [4.78, 5) is 14.5. The van der Waals surface area contributed by atoms with Crippen LogP contribution < -0.4 is 4.74 Å². The molecule has 2 aromatic carbocycles. The predicted molar refractivity (Wildman–Crippen MR) is 91.7 cm³/mol. The fourth-order valence-corrected chi connectivity index (χ4v) is 2.99. The van der Waals surface area contributed by atoms with E-state index in [1.807, 2.05) is 66.4 Å². The van der Waals surface area contributed by atoms with Gasteiger partial charge in [-0.05, 0) is 49.9 Å². The van der Waals surface area contributed by atoms with Crippen molar-refractivity contribution in [3.63, 3.8) is 0 Å². The minimum atomic E-state index is 0.149. The number of likely N-dealkylation sites (tertiary alicyclic amines) is 1. The lowest BCUT2D eigenvalue weighted by atomic mass is 9.97. The number of ether oxygens (including phenoxy) is 1. The fourth-order valence-electron chi connectivity index (χ4n) is 2.99. The molecule has 3 heteroatoms. The summed E-state index contributed by atoms with van der Waals surface area (Å²) in [5.74, 6) is 1.60. The van der Waals surface area contributed by atoms with E-state index in [0.717, 1.165) is 49.4 Å². The molecule has 0 saturated carbocycles. The first-order chi connectivity index (χ1) is 11.2. The summed E-state index contributed by atoms with van der Waals surface area (Å²) in [6, 6.07) is 17.8. The van der Waals surface area contributed by atoms with Gasteiger partial charge in [-0.25, -0.2) is 0 Å². The molecule has 1 aliphatic heterocycles. The molecule has 0 unspecified atom stereocenters. The first-order valence-electron chi connectivity index (χ1n) is 8.26. The number of carbonyl (C=O) groups excluding carboxylic acids is 1. The van der Waals surface area contributed by atoms with Crippen LogP contribution in [0.3, 0.4) is 0 Å². The van der Waals surface area contributed by atoms with Crippen molar-refractivity contribution in [2.45, 2.75) is 19.8 Å². The molecule has 1 heterocycles. The van der Waals surface area contributed by atoms with Crippen LogP contribution in [0.5, 0.6) is 5.75 Å². The normalized spacial score (nSPS) is 15.4. The van der Waals surface area contributed by atoms with E-state index in [9.17, 15) is 4.79 Å². The van der Waals surface area contributed by atoms with Gasteiger partial charge in [0.25, 0.3) is 5.91 Å². The van der Waals surface area contributed by atoms with E-state index in [1.165, 1.54) is 0 Å². The Balaban J connectivity index is 1.49. The molecule has 0 radical (unpaired) electrons. The maximum atomic E-state index is 12.5. The summed E-state index contributed by atoms with van der Waals surface area (Å²) in [5.41, 5.74) is 1.92. The number of hydrogen-bond donors (Lipinski definition) is 0. The van der Waals surface area contributed by atoms with Gasteiger partial charge in [-0.1, -0.05) is 35.9 Å². The molecule has 1 amide bonds. The molecular formula is C20H23NO2. The molecule has 1 fully saturated rings. The third-order valence-electron chi connectivity index (χ3n) is 4.40. The number of rotatable bonds is 4. The van der Waals surface area contributed by atoms with Crippen LogP contribution in [0.1, 0.15) is 28.8 Å². The first kappa shape index (κ1) is 15.6. The van der Waals surface area contributed by atoms with Gasteiger partial charge in [0.1, 0.15) is 5.75 Å². The van der Waals surface area contributed by atoms with E-state index >= 15 is 0 Å². The third kappa shape index (κ3) is 4.13. The van der Waals surface area contributed by atoms with Gasteiger partial charge < -0.3 is 9.64 Å². The Hall–Kier alpha value is -2.29. The molecule has 0 aliphatic carbocycles. The second-order valence-electron chi connectivity index (χ2n) is 6.23. The summed E-state index contributed by atoms with van der Waals surface area (Å²) in [6.45, 7) is 4.38. The van der Waals surface area contributed by atoms with Crippen molar-refractivity contribution in [1.29, 1.82) is 0 Å². The smallest absolute Gasteiger partial charge is 0.253 e. The Morgan fingerprint density at radius 2 is 1.83 bits per heavy atom. The quantitative estimate of drug-likeness (QED) is 0.856. The number of amides is 1. The minimum absolute atomic E-state index is 0.149. The molecule has 3 nitrogen and oxygen atoms in total. The van der Waals surface area contributed by atoms with Crippen LogP contribution in [-0.4, -0.2) is 30.5 Å². The van der Waals surface area contributed by atoms with Gasteiger partial charge >= 0.3 is 0 Å². The average Bonchev–Trinajstić information content (AvgIpc) is 2.61. The topological polar surface area (TPSA) is 29.5 Å². The predicted octanol–water partition coefficient (Wildman–Crippen LogP) is 3.93. The molecule has 2 aromatic rings. The van der Waals surface area contributed by atoms with E-state index in [4.69, 9.17) is 4.74 Å². The molecule has 1 aliphatic rings. The summed E-state index contributed by atoms with van der Waals surface area (Å²) < 4.78 is 5.84. The summed E-state index contributed by atoms with van der Waals surface area (Å²) >= 11 is 0. The van der Waals surface area contributed by atoms with Crippen LogP contribution in [0.4, 0.5) is 0 Å². The van der Waals surface area contributed by atoms with Crippen LogP contribution >= 0.6 is 0 Å². The van der Waals surface area contributed by atoms with Crippen LogP contribution in [0, 0.1) is 12.8 Å². The Kier molecular flexibility index (Phi) is 4.96. The van der Waals surface area contributed by atoms with Crippen LogP contribution in [0.25, 0.3) is 0 Å². The first-order valence-corrected chi connectivity index (χ1v) is 8.26. The highest BCUT2D eigenvalue weighted by molar-refractivity contribution is 5.94. The number of hydrogen-bond acceptors (Lipinski definition) is 2. The van der Waals surface area contributed by atoms with Gasteiger partial charge in [0.05, 0.1) is 6.61 Å². The van der Waals surface area contributed by atoms with E-state index < -0.39 is 0 Å². The van der Waals surface area contributed by atoms with E-state index in [0.29, 0.717) is 5.92 Å². The molecule has 23 heavy (non-hydrogen) atoms. The lowest BCUT2D eigenvalue weighted by Gasteiger charge is -2.32. The molecular weight excluding hydrogens is 286 g/mol. The summed E-state index contributed by atoms with van der Waals surface area (Å²) in [6.07, 6.45) is 2.01. The van der Waals surface area contributed by atoms with Crippen molar-refractivity contribution in [1.82, 2.24) is 4.90 Å². The Labute approximate surface area is 137 Å². The van der Waals surface area contributed by atoms with Gasteiger partial charge in [0, 0.05) is 18.7 Å². The van der Waals surface area contributed by atoms with Crippen molar-refractivity contribution in [2.75, 3.05) is 19.7 Å². The number of nitrogens with zero attached hydrogens (tertiary/aromatic N) is 1. The highest BCUT2D eigenvalue weighted by atomic mass is 16.5. The SMILES string of the molecule is Cc1cccc(C(=O)N2CCC(COc3ccccc3)CC2)c1. The molecule has 120 valence electrons. The number of carbonyl (C=O) groups is 1. The molecule has 3 rings (SSSR count). The summed E-state index contributed by atoms with van der Waals surface area (Å²) in [7, 11) is 0. The highest BCUT2D eigenvalue weighted by Gasteiger charge is 2.24. The number of piperidine rings is 1. The summed E-state index contributed by atoms with van der Waals surface area (Å²) in [5, 5.41) is 0. The zero-order valence-corrected chi connectivity index (χ0v) is 13.6. The van der Waals surface area contributed by atoms with Crippen LogP contribution in [0.2, 0.25) is 0 Å². The van der Waals surface area contributed by atoms with Gasteiger partial charge in [-0.2, -0.15) is 0 Å². The second kappa shape index (κ2) is 7.32. The van der Waals surface area contributed by atoms with Crippen molar-refractivity contribution in [2.24, 2.45) is 5.92 Å². The third-order valence-corrected chi connectivity index (χ3v) is 4.40. The van der Waals surface area contributed by atoms with Gasteiger partial charge in [-0.15, -0.1) is 0 Å². The molecule has 1 saturated heterocycles. The second-order valence-corrected chi connectivity index (χ2v) is 6.23. The standard InChI is InChI=1S/C20H23NO2/c1-16-6-5-7-18(14-16)20(22)21-12-10-17(11-13-21)15-23-19-8-3-2-4-9-19/h2-9,14,17H,10-13,15H2,1H3. The maximum Gasteiger partial charge on any atom is 0.253 e. The Morgan fingerprint density at radius 1 is 1.09 bits per heavy atom. The van der Waals surface area contributed by atoms with Crippen LogP contribution in [0.15, 0.2) is 54.6 Å². The molecule has 0 N–H and O–H groups in total. The average molecular weight is 309 g/mol. The fraction of sp³-hybridized carbons (Fsp3) is 0.350. The van der Waals surface area contributed by atoms with Crippen molar-refractivity contribution in [3.8, 4) is 5.75 Å². The Bertz CT molecular complexity index is 646. The van der Waals surface area contributed by atoms with Crippen molar-refractivity contribution < 1.29 is 9.53 Å². The van der Waals surface area contributed by atoms with Crippen LogP contribution in [-0.2, 0) is 0 Å². The monoisotopic (exact) mass is 309 g/mol. The zero-order valence-electron chi connectivity index (χ0n) is 13.6. The van der Waals surface area contributed by atoms with E-state index in [2.05, 4.69) is 0 Å². The zero-order chi connectivity index (χ0) is 16.1. The molecule has 0 aromatic heterocycles. The Morgan fingerprint density at radius 3 is 2.52 bits per heavy atom. The van der Waals surface area contributed by atoms with Gasteiger partial charge in [0.15, 0.2) is 0 Å². The van der Waals surface area contributed by atoms with Gasteiger partial charge in [-0.3, -0.25) is 4.79 Å². The maximum absolute atomic E-state index is 12.5. The van der Waals surface area contributed by atoms with E-state index in [-0.39, 0.29) is 5.91 Å². The number of benzene rings is 2. The number of para-hydroxylation sites is 1. The largest absolute Gasteiger partial charge is 0.493 e. The van der Waals surface area contributed by atoms with Crippen molar-refractivity contribution in [3.05, 3.63) is 65.7 Å². The van der Waals surface area contributed by atoms with E-state index in [1.54, 1.807) is 0 Å².